The highest BCUT2D eigenvalue weighted by Gasteiger charge is 2.25. The maximum Gasteiger partial charge on any atom is 0.408 e. The summed E-state index contributed by atoms with van der Waals surface area (Å²) in [5.41, 5.74) is 0. The Hall–Kier alpha value is -1.63. The van der Waals surface area contributed by atoms with Gasteiger partial charge in [0, 0.05) is 12.1 Å². The number of alkyl carbamates (subject to hydrolysis) is 1. The molecule has 1 aromatic heterocycles. The van der Waals surface area contributed by atoms with E-state index in [1.54, 1.807) is 6.20 Å². The van der Waals surface area contributed by atoms with Crippen LogP contribution in [-0.2, 0) is 20.9 Å². The molecule has 1 amide bonds. The van der Waals surface area contributed by atoms with Crippen molar-refractivity contribution < 1.29 is 19.1 Å². The number of amides is 1. The van der Waals surface area contributed by atoms with E-state index in [1.165, 1.54) is 18.4 Å². The van der Waals surface area contributed by atoms with E-state index in [0.717, 1.165) is 9.88 Å². The van der Waals surface area contributed by atoms with Gasteiger partial charge in [-0.25, -0.2) is 14.6 Å². The van der Waals surface area contributed by atoms with Crippen LogP contribution in [0.2, 0.25) is 0 Å². The average Bonchev–Trinajstić information content (AvgIpc) is 2.90. The van der Waals surface area contributed by atoms with Crippen molar-refractivity contribution in [1.29, 1.82) is 0 Å². The lowest BCUT2D eigenvalue weighted by Gasteiger charge is -2.19. The number of nitrogens with one attached hydrogen (secondary N) is 1. The minimum Gasteiger partial charge on any atom is -0.467 e. The highest BCUT2D eigenvalue weighted by molar-refractivity contribution is 7.11. The molecule has 0 aliphatic heterocycles. The van der Waals surface area contributed by atoms with Crippen molar-refractivity contribution in [3.63, 3.8) is 0 Å². The van der Waals surface area contributed by atoms with Crippen LogP contribution in [0.5, 0.6) is 0 Å². The molecule has 0 aliphatic carbocycles. The summed E-state index contributed by atoms with van der Waals surface area (Å²) in [7, 11) is 1.29. The largest absolute Gasteiger partial charge is 0.467 e. The van der Waals surface area contributed by atoms with Crippen molar-refractivity contribution in [2.24, 2.45) is 5.92 Å². The molecule has 0 unspecified atom stereocenters. The molecule has 21 heavy (non-hydrogen) atoms. The second-order valence-electron chi connectivity index (χ2n) is 5.28. The van der Waals surface area contributed by atoms with Crippen LogP contribution in [-0.4, -0.2) is 30.2 Å². The first-order valence-corrected chi connectivity index (χ1v) is 7.62. The molecular formula is C14H22N2O4S. The van der Waals surface area contributed by atoms with Crippen molar-refractivity contribution in [3.05, 3.63) is 16.1 Å². The third-order valence-corrected chi connectivity index (χ3v) is 4.08. The standard InChI is InChI=1S/C14H22N2O4S/c1-8(2)11(13(17)19-5)16-14(18)20-7-10-6-15-12(21-10)9(3)4/h6,8-9,11H,7H2,1-5H3,(H,16,18)/t11-/m0/s1. The summed E-state index contributed by atoms with van der Waals surface area (Å²) in [6.45, 7) is 7.89. The second-order valence-corrected chi connectivity index (χ2v) is 6.43. The maximum atomic E-state index is 11.7. The quantitative estimate of drug-likeness (QED) is 0.817. The predicted molar refractivity (Wildman–Crippen MR) is 80.2 cm³/mol. The molecule has 6 nitrogen and oxygen atoms in total. The van der Waals surface area contributed by atoms with E-state index in [-0.39, 0.29) is 12.5 Å². The zero-order chi connectivity index (χ0) is 16.0. The lowest BCUT2D eigenvalue weighted by molar-refractivity contribution is -0.144. The molecular weight excluding hydrogens is 292 g/mol. The molecule has 0 radical (unpaired) electrons. The fourth-order valence-corrected chi connectivity index (χ4v) is 2.42. The zero-order valence-corrected chi connectivity index (χ0v) is 13.8. The van der Waals surface area contributed by atoms with Crippen LogP contribution in [0, 0.1) is 5.92 Å². The molecule has 1 atom stereocenters. The summed E-state index contributed by atoms with van der Waals surface area (Å²) in [5, 5.41) is 3.52. The van der Waals surface area contributed by atoms with Gasteiger partial charge in [0.25, 0.3) is 0 Å². The number of rotatable bonds is 6. The normalized spacial score (nSPS) is 12.3. The number of hydrogen-bond acceptors (Lipinski definition) is 6. The molecule has 0 aliphatic rings. The van der Waals surface area contributed by atoms with Crippen molar-refractivity contribution in [2.75, 3.05) is 7.11 Å². The molecule has 1 N–H and O–H groups in total. The number of thiazole rings is 1. The van der Waals surface area contributed by atoms with E-state index >= 15 is 0 Å². The molecule has 0 saturated heterocycles. The molecule has 1 rings (SSSR count). The predicted octanol–water partition coefficient (Wildman–Crippen LogP) is 2.69. The Labute approximate surface area is 128 Å². The number of esters is 1. The third-order valence-electron chi connectivity index (χ3n) is 2.81. The Kier molecular flexibility index (Phi) is 6.61. The maximum absolute atomic E-state index is 11.7. The van der Waals surface area contributed by atoms with Crippen molar-refractivity contribution in [2.45, 2.75) is 46.3 Å². The van der Waals surface area contributed by atoms with Gasteiger partial charge in [-0.3, -0.25) is 0 Å². The van der Waals surface area contributed by atoms with Crippen LogP contribution in [0.15, 0.2) is 6.20 Å². The van der Waals surface area contributed by atoms with Crippen molar-refractivity contribution >= 4 is 23.4 Å². The van der Waals surface area contributed by atoms with Crippen LogP contribution in [0.4, 0.5) is 4.79 Å². The number of methoxy groups -OCH3 is 1. The van der Waals surface area contributed by atoms with Crippen LogP contribution in [0.3, 0.4) is 0 Å². The molecule has 0 aromatic carbocycles. The van der Waals surface area contributed by atoms with Crippen molar-refractivity contribution in [1.82, 2.24) is 10.3 Å². The molecule has 118 valence electrons. The van der Waals surface area contributed by atoms with E-state index < -0.39 is 18.1 Å². The smallest absolute Gasteiger partial charge is 0.408 e. The highest BCUT2D eigenvalue weighted by atomic mass is 32.1. The van der Waals surface area contributed by atoms with Gasteiger partial charge < -0.3 is 14.8 Å². The van der Waals surface area contributed by atoms with E-state index in [4.69, 9.17) is 4.74 Å². The van der Waals surface area contributed by atoms with E-state index in [9.17, 15) is 9.59 Å². The summed E-state index contributed by atoms with van der Waals surface area (Å²) < 4.78 is 9.76. The van der Waals surface area contributed by atoms with Gasteiger partial charge in [0.15, 0.2) is 0 Å². The topological polar surface area (TPSA) is 77.5 Å². The Morgan fingerprint density at radius 2 is 2.00 bits per heavy atom. The van der Waals surface area contributed by atoms with Crippen LogP contribution >= 0.6 is 11.3 Å². The zero-order valence-electron chi connectivity index (χ0n) is 13.0. The second kappa shape index (κ2) is 7.97. The van der Waals surface area contributed by atoms with E-state index in [1.807, 2.05) is 13.8 Å². The average molecular weight is 314 g/mol. The molecule has 0 bridgehead atoms. The number of aromatic nitrogens is 1. The van der Waals surface area contributed by atoms with Gasteiger partial charge in [0.05, 0.1) is 17.0 Å². The van der Waals surface area contributed by atoms with Gasteiger partial charge in [-0.05, 0) is 5.92 Å². The van der Waals surface area contributed by atoms with Crippen LogP contribution in [0.25, 0.3) is 0 Å². The number of carbonyl (C=O) groups excluding carboxylic acids is 2. The third kappa shape index (κ3) is 5.34. The first-order valence-electron chi connectivity index (χ1n) is 6.80. The van der Waals surface area contributed by atoms with E-state index in [2.05, 4.69) is 28.9 Å². The summed E-state index contributed by atoms with van der Waals surface area (Å²) in [5.74, 6) is -0.218. The number of carbonyl (C=O) groups is 2. The summed E-state index contributed by atoms with van der Waals surface area (Å²) in [4.78, 5) is 28.4. The molecule has 0 spiro atoms. The monoisotopic (exact) mass is 314 g/mol. The Morgan fingerprint density at radius 3 is 2.48 bits per heavy atom. The van der Waals surface area contributed by atoms with Gasteiger partial charge in [-0.2, -0.15) is 0 Å². The molecule has 0 saturated carbocycles. The number of ether oxygens (including phenoxy) is 2. The highest BCUT2D eigenvalue weighted by Crippen LogP contribution is 2.21. The van der Waals surface area contributed by atoms with E-state index in [0.29, 0.717) is 5.92 Å². The molecule has 1 heterocycles. The van der Waals surface area contributed by atoms with Crippen molar-refractivity contribution in [3.8, 4) is 0 Å². The van der Waals surface area contributed by atoms with Gasteiger partial charge >= 0.3 is 12.1 Å². The van der Waals surface area contributed by atoms with Gasteiger partial charge in [0.2, 0.25) is 0 Å². The Balaban J connectivity index is 2.50. The number of hydrogen-bond donors (Lipinski definition) is 1. The first-order chi connectivity index (χ1) is 9.85. The fourth-order valence-electron chi connectivity index (χ4n) is 1.59. The van der Waals surface area contributed by atoms with Gasteiger partial charge in [-0.1, -0.05) is 27.7 Å². The van der Waals surface area contributed by atoms with Crippen LogP contribution < -0.4 is 5.32 Å². The van der Waals surface area contributed by atoms with Gasteiger partial charge in [0.1, 0.15) is 12.6 Å². The minimum absolute atomic E-state index is 0.0825. The lowest BCUT2D eigenvalue weighted by atomic mass is 10.1. The first kappa shape index (κ1) is 17.4. The summed E-state index contributed by atoms with van der Waals surface area (Å²) in [6.07, 6.45) is 1.06. The number of nitrogens with zero attached hydrogens (tertiary/aromatic N) is 1. The lowest BCUT2D eigenvalue weighted by Crippen LogP contribution is -2.45. The molecule has 1 aromatic rings. The molecule has 0 fully saturated rings. The Morgan fingerprint density at radius 1 is 1.33 bits per heavy atom. The minimum atomic E-state index is -0.713. The Bertz CT molecular complexity index is 485. The summed E-state index contributed by atoms with van der Waals surface area (Å²) in [6, 6.07) is -0.713. The summed E-state index contributed by atoms with van der Waals surface area (Å²) >= 11 is 1.51. The molecule has 7 heteroatoms. The fraction of sp³-hybridized carbons (Fsp3) is 0.643. The van der Waals surface area contributed by atoms with Gasteiger partial charge in [-0.15, -0.1) is 11.3 Å². The van der Waals surface area contributed by atoms with Crippen LogP contribution in [0.1, 0.15) is 43.5 Å². The SMILES string of the molecule is COC(=O)[C@@H](NC(=O)OCc1cnc(C(C)C)s1)C(C)C.